The van der Waals surface area contributed by atoms with Gasteiger partial charge in [0.2, 0.25) is 0 Å². The van der Waals surface area contributed by atoms with Gasteiger partial charge in [0.05, 0.1) is 23.9 Å². The minimum Gasteiger partial charge on any atom is -0.389 e. The molecular weight excluding hydrogens is 506 g/mol. The summed E-state index contributed by atoms with van der Waals surface area (Å²) >= 11 is 0. The number of hydrogen-bond donors (Lipinski definition) is 2. The molecule has 1 fully saturated rings. The Kier molecular flexibility index (Phi) is 6.15. The molecule has 1 saturated heterocycles. The van der Waals surface area contributed by atoms with Crippen LogP contribution in [0.3, 0.4) is 0 Å². The highest BCUT2D eigenvalue weighted by Gasteiger charge is 2.32. The molecule has 5 heterocycles. The molecule has 0 saturated carbocycles. The summed E-state index contributed by atoms with van der Waals surface area (Å²) in [6.07, 6.45) is 0.311. The number of fused-ring (bicyclic) bond motifs is 2. The lowest BCUT2D eigenvalue weighted by Crippen LogP contribution is -2.29. The Morgan fingerprint density at radius 2 is 1.82 bits per heavy atom. The molecule has 1 aromatic carbocycles. The molecule has 2 atom stereocenters. The summed E-state index contributed by atoms with van der Waals surface area (Å²) in [6.45, 7) is 2.69. The van der Waals surface area contributed by atoms with E-state index in [9.17, 15) is 23.8 Å². The molecule has 0 amide bonds. The van der Waals surface area contributed by atoms with Crippen molar-refractivity contribution in [2.45, 2.75) is 38.4 Å². The third-order valence-electron chi connectivity index (χ3n) is 7.83. The van der Waals surface area contributed by atoms with Crippen LogP contribution in [-0.2, 0) is 20.5 Å². The second kappa shape index (κ2) is 9.42. The smallest absolute Gasteiger partial charge is 0.264 e. The lowest BCUT2D eigenvalue weighted by atomic mass is 9.93. The number of halogens is 2. The third kappa shape index (κ3) is 4.25. The fourth-order valence-corrected chi connectivity index (χ4v) is 5.77. The zero-order valence-electron chi connectivity index (χ0n) is 22.0. The number of aliphatic hydroxyl groups excluding tert-OH is 2. The molecule has 2 N–H and O–H groups in total. The number of β-amino-alcohol motifs (C(OH)–C–C–N with tert-alkyl or cyclic N) is 2. The Morgan fingerprint density at radius 3 is 2.49 bits per heavy atom. The fourth-order valence-electron chi connectivity index (χ4n) is 5.77. The first-order valence-corrected chi connectivity index (χ1v) is 13.0. The molecule has 2 aliphatic rings. The topological polar surface area (TPSA) is 99.7 Å². The Bertz CT molecular complexity index is 1640. The molecule has 204 valence electrons. The number of aryl methyl sites for hydroxylation is 4. The van der Waals surface area contributed by atoms with Gasteiger partial charge in [0, 0.05) is 73.8 Å². The molecule has 0 radical (unpaired) electrons. The maximum Gasteiger partial charge on any atom is 0.264 e. The zero-order chi connectivity index (χ0) is 27.6. The summed E-state index contributed by atoms with van der Waals surface area (Å²) in [7, 11) is 3.45. The maximum atomic E-state index is 14.4. The van der Waals surface area contributed by atoms with Crippen LogP contribution in [-0.4, -0.2) is 61.4 Å². The van der Waals surface area contributed by atoms with E-state index in [0.29, 0.717) is 46.1 Å². The van der Waals surface area contributed by atoms with Gasteiger partial charge in [-0.25, -0.2) is 13.8 Å². The molecule has 9 nitrogen and oxygen atoms in total. The maximum absolute atomic E-state index is 14.4. The lowest BCUT2D eigenvalue weighted by molar-refractivity contribution is 0.0572. The quantitative estimate of drug-likeness (QED) is 0.413. The van der Waals surface area contributed by atoms with Crippen LogP contribution < -0.4 is 15.4 Å². The summed E-state index contributed by atoms with van der Waals surface area (Å²) < 4.78 is 32.0. The monoisotopic (exact) mass is 536 g/mol. The van der Waals surface area contributed by atoms with Crippen molar-refractivity contribution in [1.29, 1.82) is 0 Å². The average Bonchev–Trinajstić information content (AvgIpc) is 3.50. The van der Waals surface area contributed by atoms with Crippen LogP contribution in [0.1, 0.15) is 29.5 Å². The van der Waals surface area contributed by atoms with Crippen molar-refractivity contribution >= 4 is 28.2 Å². The molecule has 0 unspecified atom stereocenters. The van der Waals surface area contributed by atoms with Crippen molar-refractivity contribution in [2.24, 2.45) is 14.1 Å². The van der Waals surface area contributed by atoms with Crippen LogP contribution in [0, 0.1) is 6.92 Å². The third-order valence-corrected chi connectivity index (χ3v) is 7.83. The van der Waals surface area contributed by atoms with Crippen molar-refractivity contribution in [3.05, 3.63) is 63.7 Å². The standard InChI is InChI=1S/C28H30F2N6O3/c1-15-7-20-22(34(3)28(15)39)10-25(35-13-23(37)24(38)14-35)32-27(20)36-6-4-5-16-8-18(17-11-31-33(2)12-17)19(26(29)30)9-21(16)36/h7-12,23-24,26,37-38H,4-6,13-14H2,1-3H3/t23-,24-/m1/s1. The number of pyridine rings is 2. The van der Waals surface area contributed by atoms with Gasteiger partial charge in [-0.1, -0.05) is 0 Å². The molecule has 0 spiro atoms. The number of aromatic nitrogens is 4. The molecule has 11 heteroatoms. The predicted octanol–water partition coefficient (Wildman–Crippen LogP) is 3.21. The van der Waals surface area contributed by atoms with E-state index in [4.69, 9.17) is 4.98 Å². The van der Waals surface area contributed by atoms with Gasteiger partial charge in [0.1, 0.15) is 11.6 Å². The molecule has 2 aliphatic heterocycles. The van der Waals surface area contributed by atoms with Crippen molar-refractivity contribution < 1.29 is 19.0 Å². The minimum atomic E-state index is -2.69. The number of alkyl halides is 2. The molecular formula is C28H30F2N6O3. The summed E-state index contributed by atoms with van der Waals surface area (Å²) in [5.74, 6) is 1.05. The van der Waals surface area contributed by atoms with Crippen molar-refractivity contribution in [3.63, 3.8) is 0 Å². The SMILES string of the molecule is Cc1cc2c(N3CCCc4cc(-c5cnn(C)c5)c(C(F)F)cc43)nc(N3C[C@@H](O)[C@H](O)C3)cc2n(C)c1=O. The number of benzene rings is 1. The van der Waals surface area contributed by atoms with E-state index in [2.05, 4.69) is 5.10 Å². The van der Waals surface area contributed by atoms with Crippen LogP contribution in [0.25, 0.3) is 22.0 Å². The van der Waals surface area contributed by atoms with E-state index in [1.165, 1.54) is 0 Å². The number of anilines is 3. The minimum absolute atomic E-state index is 0.0801. The Hall–Kier alpha value is -3.83. The molecule has 39 heavy (non-hydrogen) atoms. The van der Waals surface area contributed by atoms with Crippen LogP contribution in [0.4, 0.5) is 26.1 Å². The first-order chi connectivity index (χ1) is 18.6. The highest BCUT2D eigenvalue weighted by Crippen LogP contribution is 2.43. The van der Waals surface area contributed by atoms with Crippen molar-refractivity contribution in [3.8, 4) is 11.1 Å². The highest BCUT2D eigenvalue weighted by molar-refractivity contribution is 5.95. The van der Waals surface area contributed by atoms with E-state index in [0.717, 1.165) is 23.8 Å². The van der Waals surface area contributed by atoms with Crippen molar-refractivity contribution in [1.82, 2.24) is 19.3 Å². The van der Waals surface area contributed by atoms with Crippen LogP contribution >= 0.6 is 0 Å². The van der Waals surface area contributed by atoms with Crippen LogP contribution in [0.2, 0.25) is 0 Å². The Balaban J connectivity index is 1.57. The number of aliphatic hydroxyl groups is 2. The summed E-state index contributed by atoms with van der Waals surface area (Å²) in [4.78, 5) is 21.5. The normalized spacial score (nSPS) is 19.4. The van der Waals surface area contributed by atoms with E-state index in [1.54, 1.807) is 65.8 Å². The van der Waals surface area contributed by atoms with Gasteiger partial charge in [-0.05, 0) is 49.1 Å². The van der Waals surface area contributed by atoms with Crippen LogP contribution in [0.5, 0.6) is 0 Å². The van der Waals surface area contributed by atoms with E-state index < -0.39 is 18.6 Å². The average molecular weight is 537 g/mol. The van der Waals surface area contributed by atoms with E-state index >= 15 is 0 Å². The van der Waals surface area contributed by atoms with Crippen molar-refractivity contribution in [2.75, 3.05) is 29.4 Å². The lowest BCUT2D eigenvalue weighted by Gasteiger charge is -2.33. The molecule has 3 aromatic heterocycles. The second-order valence-corrected chi connectivity index (χ2v) is 10.5. The van der Waals surface area contributed by atoms with Gasteiger partial charge in [-0.3, -0.25) is 9.48 Å². The van der Waals surface area contributed by atoms with Crippen LogP contribution in [0.15, 0.2) is 41.5 Å². The first kappa shape index (κ1) is 25.4. The summed E-state index contributed by atoms with van der Waals surface area (Å²) in [5, 5.41) is 25.2. The Labute approximate surface area is 223 Å². The highest BCUT2D eigenvalue weighted by atomic mass is 19.3. The molecule has 4 aromatic rings. The first-order valence-electron chi connectivity index (χ1n) is 13.0. The predicted molar refractivity (Wildman–Crippen MR) is 145 cm³/mol. The zero-order valence-corrected chi connectivity index (χ0v) is 22.0. The van der Waals surface area contributed by atoms with Gasteiger partial charge in [0.15, 0.2) is 0 Å². The molecule has 0 aliphatic carbocycles. The molecule has 0 bridgehead atoms. The summed E-state index contributed by atoms with van der Waals surface area (Å²) in [5.41, 5.74) is 3.63. The van der Waals surface area contributed by atoms with Gasteiger partial charge in [-0.15, -0.1) is 0 Å². The largest absolute Gasteiger partial charge is 0.389 e. The van der Waals surface area contributed by atoms with E-state index in [-0.39, 0.29) is 24.2 Å². The van der Waals surface area contributed by atoms with Gasteiger partial charge in [0.25, 0.3) is 12.0 Å². The Morgan fingerprint density at radius 1 is 1.08 bits per heavy atom. The van der Waals surface area contributed by atoms with Gasteiger partial charge < -0.3 is 24.6 Å². The fraction of sp³-hybridized carbons (Fsp3) is 0.393. The summed E-state index contributed by atoms with van der Waals surface area (Å²) in [6, 6.07) is 6.97. The van der Waals surface area contributed by atoms with E-state index in [1.807, 2.05) is 11.0 Å². The second-order valence-electron chi connectivity index (χ2n) is 10.5. The van der Waals surface area contributed by atoms with Gasteiger partial charge in [-0.2, -0.15) is 5.10 Å². The van der Waals surface area contributed by atoms with Gasteiger partial charge >= 0.3 is 0 Å². The number of hydrogen-bond acceptors (Lipinski definition) is 7. The number of rotatable bonds is 4. The molecule has 6 rings (SSSR count). The number of nitrogens with zero attached hydrogens (tertiary/aromatic N) is 6.